The number of hydrogen-bond donors (Lipinski definition) is 4. The molecule has 1 aliphatic heterocycles. The Bertz CT molecular complexity index is 1870. The fourth-order valence-corrected chi connectivity index (χ4v) is 9.63. The number of carbonyl (C=O) groups is 6. The molecule has 4 N–H and O–H groups in total. The lowest BCUT2D eigenvalue weighted by molar-refractivity contribution is -0.346. The van der Waals surface area contributed by atoms with Crippen molar-refractivity contribution >= 4 is 35.8 Å². The van der Waals surface area contributed by atoms with Crippen LogP contribution in [-0.2, 0) is 47.6 Å². The zero-order valence-corrected chi connectivity index (χ0v) is 35.7. The first-order valence-corrected chi connectivity index (χ1v) is 20.0. The van der Waals surface area contributed by atoms with Gasteiger partial charge in [0, 0.05) is 32.1 Å². The third-order valence-corrected chi connectivity index (χ3v) is 12.5. The van der Waals surface area contributed by atoms with Crippen molar-refractivity contribution in [1.29, 1.82) is 0 Å². The van der Waals surface area contributed by atoms with E-state index in [1.54, 1.807) is 52.8 Å². The van der Waals surface area contributed by atoms with Gasteiger partial charge in [0.2, 0.25) is 0 Å². The summed E-state index contributed by atoms with van der Waals surface area (Å²) in [5, 5.41) is 39.6. The maximum absolute atomic E-state index is 15.4. The first-order chi connectivity index (χ1) is 27.2. The molecular weight excluding hydrogens is 770 g/mol. The summed E-state index contributed by atoms with van der Waals surface area (Å²) >= 11 is 0. The zero-order chi connectivity index (χ0) is 44.2. The Labute approximate surface area is 344 Å². The maximum atomic E-state index is 15.4. The predicted molar refractivity (Wildman–Crippen MR) is 207 cm³/mol. The van der Waals surface area contributed by atoms with E-state index in [-0.39, 0.29) is 42.1 Å². The molecule has 1 aromatic carbocycles. The number of carbonyl (C=O) groups excluding carboxylic acids is 6. The third kappa shape index (κ3) is 8.25. The quantitative estimate of drug-likeness (QED) is 0.150. The van der Waals surface area contributed by atoms with Gasteiger partial charge in [-0.1, -0.05) is 45.9 Å². The molecule has 0 spiro atoms. The molecule has 2 saturated carbocycles. The number of aliphatic hydroxyl groups is 3. The van der Waals surface area contributed by atoms with Crippen LogP contribution in [0.4, 0.5) is 4.79 Å². The van der Waals surface area contributed by atoms with Crippen molar-refractivity contribution < 1.29 is 72.5 Å². The second-order valence-corrected chi connectivity index (χ2v) is 18.5. The highest BCUT2D eigenvalue weighted by Gasteiger charge is 2.78. The van der Waals surface area contributed by atoms with Crippen molar-refractivity contribution in [2.75, 3.05) is 6.61 Å². The summed E-state index contributed by atoms with van der Waals surface area (Å²) in [5.74, 6) is -6.31. The Hall–Kier alpha value is -4.38. The van der Waals surface area contributed by atoms with Gasteiger partial charge in [0.1, 0.15) is 29.5 Å². The minimum atomic E-state index is -2.37. The average molecular weight is 830 g/mol. The molecule has 1 amide bonds. The van der Waals surface area contributed by atoms with E-state index < -0.39 is 118 Å². The topological polar surface area (TPSA) is 231 Å². The summed E-state index contributed by atoms with van der Waals surface area (Å²) in [6.45, 7) is 16.6. The van der Waals surface area contributed by atoms with Crippen LogP contribution < -0.4 is 5.32 Å². The van der Waals surface area contributed by atoms with Crippen LogP contribution in [0, 0.1) is 22.7 Å². The lowest BCUT2D eigenvalue weighted by Gasteiger charge is -2.67. The summed E-state index contributed by atoms with van der Waals surface area (Å²) in [6.07, 6.45) is -11.1. The second-order valence-electron chi connectivity index (χ2n) is 18.5. The molecule has 8 unspecified atom stereocenters. The largest absolute Gasteiger partial charge is 0.456 e. The number of benzene rings is 1. The van der Waals surface area contributed by atoms with Gasteiger partial charge < -0.3 is 49.1 Å². The minimum Gasteiger partial charge on any atom is -0.456 e. The summed E-state index contributed by atoms with van der Waals surface area (Å²) < 4.78 is 35.5. The zero-order valence-electron chi connectivity index (χ0n) is 35.7. The monoisotopic (exact) mass is 829 g/mol. The molecule has 2 bridgehead atoms. The fraction of sp³-hybridized carbons (Fsp3) is 0.674. The van der Waals surface area contributed by atoms with Crippen LogP contribution in [0.2, 0.25) is 0 Å². The van der Waals surface area contributed by atoms with Crippen LogP contribution in [0.25, 0.3) is 0 Å². The van der Waals surface area contributed by atoms with Gasteiger partial charge >= 0.3 is 30.0 Å². The van der Waals surface area contributed by atoms with Crippen LogP contribution in [0.15, 0.2) is 41.5 Å². The Morgan fingerprint density at radius 3 is 2.14 bits per heavy atom. The molecule has 4 aliphatic rings. The van der Waals surface area contributed by atoms with Crippen molar-refractivity contribution in [3.63, 3.8) is 0 Å². The molecule has 59 heavy (non-hydrogen) atoms. The van der Waals surface area contributed by atoms with Gasteiger partial charge in [0.15, 0.2) is 23.6 Å². The Morgan fingerprint density at radius 2 is 1.61 bits per heavy atom. The van der Waals surface area contributed by atoms with Gasteiger partial charge in [0.25, 0.3) is 0 Å². The number of aliphatic hydroxyl groups excluding tert-OH is 2. The Kier molecular flexibility index (Phi) is 12.6. The summed E-state index contributed by atoms with van der Waals surface area (Å²) in [7, 11) is 0. The smallest absolute Gasteiger partial charge is 0.407 e. The number of amides is 1. The van der Waals surface area contributed by atoms with Crippen molar-refractivity contribution in [2.45, 2.75) is 155 Å². The van der Waals surface area contributed by atoms with Gasteiger partial charge in [-0.2, -0.15) is 0 Å². The van der Waals surface area contributed by atoms with Gasteiger partial charge in [-0.15, -0.1) is 0 Å². The minimum absolute atomic E-state index is 0.00510. The van der Waals surface area contributed by atoms with Gasteiger partial charge in [-0.05, 0) is 70.2 Å². The highest BCUT2D eigenvalue weighted by Crippen LogP contribution is 2.64. The third-order valence-electron chi connectivity index (χ3n) is 12.5. The van der Waals surface area contributed by atoms with Gasteiger partial charge in [-0.3, -0.25) is 14.4 Å². The lowest BCUT2D eigenvalue weighted by Crippen LogP contribution is -2.82. The number of ketones is 1. The molecule has 326 valence electrons. The number of ether oxygens (including phenoxy) is 6. The van der Waals surface area contributed by atoms with E-state index in [2.05, 4.69) is 5.32 Å². The number of nitrogens with one attached hydrogen (secondary N) is 1. The van der Waals surface area contributed by atoms with E-state index in [9.17, 15) is 39.3 Å². The summed E-state index contributed by atoms with van der Waals surface area (Å²) in [6, 6.07) is 6.66. The molecule has 0 radical (unpaired) electrons. The molecule has 16 heteroatoms. The number of fused-ring (bicyclic) bond motifs is 5. The number of alkyl carbamates (subject to hydrolysis) is 1. The number of rotatable bonds is 10. The molecule has 1 saturated heterocycles. The number of hydrogen-bond acceptors (Lipinski definition) is 15. The number of esters is 4. The van der Waals surface area contributed by atoms with Gasteiger partial charge in [0.05, 0.1) is 35.6 Å². The summed E-state index contributed by atoms with van der Waals surface area (Å²) in [5.41, 5.74) is -8.45. The lowest BCUT2D eigenvalue weighted by atomic mass is 9.44. The number of Topliss-reactive ketones (excluding diaryl/α,β-unsaturated/α-hetero) is 1. The molecule has 1 heterocycles. The molecule has 11 atom stereocenters. The first-order valence-electron chi connectivity index (χ1n) is 20.0. The normalized spacial score (nSPS) is 33.4. The van der Waals surface area contributed by atoms with E-state index in [1.807, 2.05) is 13.8 Å². The van der Waals surface area contributed by atoms with Crippen LogP contribution in [0.1, 0.15) is 106 Å². The highest BCUT2D eigenvalue weighted by molar-refractivity contribution is 5.95. The SMILES string of the molecule is CC(=O)OC1C(=O)C2(C)C(O)CC3OC[C@@]3(OC(C)=O)C2C(OC(=O)c2ccccc2)C2(O)C[C@H](OC(=O)C(O)[C@H](CC(C)C)NC(=O)OC(C)(C)C)C(C)=C1C2(C)C. The highest BCUT2D eigenvalue weighted by atomic mass is 16.6. The average Bonchev–Trinajstić information content (AvgIpc) is 3.11. The fourth-order valence-electron chi connectivity index (χ4n) is 9.63. The van der Waals surface area contributed by atoms with E-state index in [1.165, 1.54) is 26.0 Å². The molecular formula is C43H59NO15. The van der Waals surface area contributed by atoms with E-state index in [0.29, 0.717) is 0 Å². The molecule has 16 nitrogen and oxygen atoms in total. The van der Waals surface area contributed by atoms with Crippen molar-refractivity contribution in [3.05, 3.63) is 47.0 Å². The van der Waals surface area contributed by atoms with Crippen LogP contribution in [0.5, 0.6) is 0 Å². The molecule has 3 aliphatic carbocycles. The first kappa shape index (κ1) is 45.7. The van der Waals surface area contributed by atoms with Crippen molar-refractivity contribution in [3.8, 4) is 0 Å². The second kappa shape index (κ2) is 16.2. The summed E-state index contributed by atoms with van der Waals surface area (Å²) in [4.78, 5) is 82.3. The van der Waals surface area contributed by atoms with Crippen molar-refractivity contribution in [2.24, 2.45) is 22.7 Å². The van der Waals surface area contributed by atoms with Crippen LogP contribution in [-0.4, -0.2) is 117 Å². The molecule has 5 rings (SSSR count). The van der Waals surface area contributed by atoms with Crippen LogP contribution >= 0.6 is 0 Å². The molecule has 1 aromatic rings. The maximum Gasteiger partial charge on any atom is 0.407 e. The van der Waals surface area contributed by atoms with E-state index in [4.69, 9.17) is 28.4 Å². The molecule has 0 aromatic heterocycles. The predicted octanol–water partition coefficient (Wildman–Crippen LogP) is 3.50. The van der Waals surface area contributed by atoms with Gasteiger partial charge in [-0.25, -0.2) is 14.4 Å². The Balaban J connectivity index is 1.72. The van der Waals surface area contributed by atoms with E-state index >= 15 is 4.79 Å². The standard InChI is InChI=1S/C43H59NO15/c1-21(2)17-26(44-38(52)59-39(6,7)8)31(48)37(51)56-27-19-43(53)35(57-36(50)25-15-13-12-14-16-25)33-41(11,28(47)18-29-42(33,20-54-29)58-24(5)46)34(49)32(55-23(4)45)30(22(27)3)40(43,9)10/h12-16,21,26-29,31-33,35,47-48,53H,17-20H2,1-11H3,(H,44,52)/t26-,27-,28?,29?,31?,32?,33?,35?,41?,42-,43?/m0/s1. The van der Waals surface area contributed by atoms with Crippen LogP contribution in [0.3, 0.4) is 0 Å². The molecule has 3 fully saturated rings. The van der Waals surface area contributed by atoms with Crippen molar-refractivity contribution in [1.82, 2.24) is 5.32 Å². The Morgan fingerprint density at radius 1 is 0.983 bits per heavy atom. The van der Waals surface area contributed by atoms with E-state index in [0.717, 1.165) is 13.8 Å².